The summed E-state index contributed by atoms with van der Waals surface area (Å²) in [5, 5.41) is 0. The fourth-order valence-corrected chi connectivity index (χ4v) is 2.45. The molecule has 0 aromatic carbocycles. The van der Waals surface area contributed by atoms with Crippen molar-refractivity contribution in [3.8, 4) is 0 Å². The van der Waals surface area contributed by atoms with Crippen LogP contribution < -0.4 is 0 Å². The van der Waals surface area contributed by atoms with Gasteiger partial charge in [0.25, 0.3) is 0 Å². The quantitative estimate of drug-likeness (QED) is 0.728. The molecular formula is C16H28O4. The van der Waals surface area contributed by atoms with Gasteiger partial charge in [0.2, 0.25) is 0 Å². The van der Waals surface area contributed by atoms with Crippen LogP contribution in [-0.4, -0.2) is 23.1 Å². The van der Waals surface area contributed by atoms with Crippen molar-refractivity contribution < 1.29 is 19.1 Å². The number of carbonyl (C=O) groups excluding carboxylic acids is 2. The Labute approximate surface area is 122 Å². The third-order valence-electron chi connectivity index (χ3n) is 3.19. The zero-order valence-corrected chi connectivity index (χ0v) is 13.6. The van der Waals surface area contributed by atoms with Crippen molar-refractivity contribution in [2.75, 3.05) is 0 Å². The van der Waals surface area contributed by atoms with Crippen LogP contribution in [0.2, 0.25) is 0 Å². The predicted octanol–water partition coefficient (Wildman–Crippen LogP) is 3.48. The van der Waals surface area contributed by atoms with Gasteiger partial charge >= 0.3 is 11.9 Å². The van der Waals surface area contributed by atoms with E-state index in [4.69, 9.17) is 9.47 Å². The molecule has 116 valence electrons. The van der Waals surface area contributed by atoms with Crippen LogP contribution in [0.5, 0.6) is 0 Å². The van der Waals surface area contributed by atoms with E-state index in [9.17, 15) is 9.59 Å². The SMILES string of the molecule is CC(C)(C)OC(=O)[C@H]1CCCC[C@@H]1C(=O)OC(C)(C)C. The Kier molecular flexibility index (Phi) is 5.22. The molecular weight excluding hydrogens is 256 g/mol. The molecule has 0 amide bonds. The highest BCUT2D eigenvalue weighted by Gasteiger charge is 2.40. The summed E-state index contributed by atoms with van der Waals surface area (Å²) in [6.07, 6.45) is 3.34. The lowest BCUT2D eigenvalue weighted by atomic mass is 9.79. The van der Waals surface area contributed by atoms with Gasteiger partial charge in [-0.2, -0.15) is 0 Å². The van der Waals surface area contributed by atoms with Gasteiger partial charge in [-0.15, -0.1) is 0 Å². The summed E-state index contributed by atoms with van der Waals surface area (Å²) in [5.74, 6) is -1.27. The third-order valence-corrected chi connectivity index (χ3v) is 3.19. The average molecular weight is 284 g/mol. The van der Waals surface area contributed by atoms with Crippen molar-refractivity contribution in [3.63, 3.8) is 0 Å². The molecule has 0 saturated heterocycles. The first-order valence-corrected chi connectivity index (χ1v) is 7.45. The van der Waals surface area contributed by atoms with Crippen molar-refractivity contribution >= 4 is 11.9 Å². The summed E-state index contributed by atoms with van der Waals surface area (Å²) in [6.45, 7) is 11.1. The van der Waals surface area contributed by atoms with Crippen LogP contribution in [0.4, 0.5) is 0 Å². The molecule has 0 bridgehead atoms. The molecule has 0 N–H and O–H groups in total. The van der Waals surface area contributed by atoms with Gasteiger partial charge in [0.1, 0.15) is 11.2 Å². The number of esters is 2. The van der Waals surface area contributed by atoms with Crippen LogP contribution in [0.25, 0.3) is 0 Å². The summed E-state index contributed by atoms with van der Waals surface area (Å²) >= 11 is 0. The number of carbonyl (C=O) groups is 2. The van der Waals surface area contributed by atoms with Gasteiger partial charge in [0, 0.05) is 0 Å². The fraction of sp³-hybridized carbons (Fsp3) is 0.875. The van der Waals surface area contributed by atoms with Crippen molar-refractivity contribution in [1.29, 1.82) is 0 Å². The molecule has 1 saturated carbocycles. The van der Waals surface area contributed by atoms with Crippen LogP contribution in [0.1, 0.15) is 67.2 Å². The molecule has 1 aliphatic carbocycles. The lowest BCUT2D eigenvalue weighted by Crippen LogP contribution is -2.40. The normalized spacial score (nSPS) is 24.1. The van der Waals surface area contributed by atoms with Crippen molar-refractivity contribution in [2.24, 2.45) is 11.8 Å². The molecule has 1 fully saturated rings. The van der Waals surface area contributed by atoms with E-state index in [1.165, 1.54) is 0 Å². The molecule has 0 spiro atoms. The summed E-state index contributed by atoms with van der Waals surface area (Å²) in [4.78, 5) is 24.5. The number of rotatable bonds is 2. The third kappa shape index (κ3) is 5.51. The highest BCUT2D eigenvalue weighted by molar-refractivity contribution is 5.82. The largest absolute Gasteiger partial charge is 0.460 e. The zero-order chi connectivity index (χ0) is 15.6. The summed E-state index contributed by atoms with van der Waals surface area (Å²) < 4.78 is 10.9. The Balaban J connectivity index is 2.76. The lowest BCUT2D eigenvalue weighted by molar-refractivity contribution is -0.175. The molecule has 2 atom stereocenters. The van der Waals surface area contributed by atoms with Gasteiger partial charge in [0.15, 0.2) is 0 Å². The lowest BCUT2D eigenvalue weighted by Gasteiger charge is -2.32. The van der Waals surface area contributed by atoms with Crippen molar-refractivity contribution in [3.05, 3.63) is 0 Å². The Morgan fingerprint density at radius 2 is 1.05 bits per heavy atom. The Bertz CT molecular complexity index is 324. The fourth-order valence-electron chi connectivity index (χ4n) is 2.45. The Morgan fingerprint density at radius 1 is 0.750 bits per heavy atom. The summed E-state index contributed by atoms with van der Waals surface area (Å²) in [5.41, 5.74) is -1.04. The highest BCUT2D eigenvalue weighted by atomic mass is 16.6. The molecule has 0 aromatic rings. The monoisotopic (exact) mass is 284 g/mol. The molecule has 0 unspecified atom stereocenters. The molecule has 0 aromatic heterocycles. The minimum Gasteiger partial charge on any atom is -0.460 e. The van der Waals surface area contributed by atoms with E-state index < -0.39 is 11.2 Å². The number of hydrogen-bond donors (Lipinski definition) is 0. The van der Waals surface area contributed by atoms with Gasteiger partial charge in [-0.1, -0.05) is 12.8 Å². The average Bonchev–Trinajstić information content (AvgIpc) is 2.24. The number of hydrogen-bond acceptors (Lipinski definition) is 4. The first-order valence-electron chi connectivity index (χ1n) is 7.45. The second-order valence-electron chi connectivity index (χ2n) is 7.56. The molecule has 0 heterocycles. The molecule has 4 nitrogen and oxygen atoms in total. The van der Waals surface area contributed by atoms with E-state index in [0.29, 0.717) is 12.8 Å². The Hall–Kier alpha value is -1.06. The van der Waals surface area contributed by atoms with Crippen LogP contribution in [0.3, 0.4) is 0 Å². The molecule has 0 aliphatic heterocycles. The zero-order valence-electron chi connectivity index (χ0n) is 13.6. The first kappa shape index (κ1) is 17.0. The number of ether oxygens (including phenoxy) is 2. The van der Waals surface area contributed by atoms with Crippen LogP contribution in [-0.2, 0) is 19.1 Å². The van der Waals surface area contributed by atoms with Crippen molar-refractivity contribution in [1.82, 2.24) is 0 Å². The summed E-state index contributed by atoms with van der Waals surface area (Å²) in [6, 6.07) is 0. The summed E-state index contributed by atoms with van der Waals surface area (Å²) in [7, 11) is 0. The van der Waals surface area contributed by atoms with Crippen molar-refractivity contribution in [2.45, 2.75) is 78.4 Å². The second kappa shape index (κ2) is 6.15. The second-order valence-corrected chi connectivity index (χ2v) is 7.56. The minimum atomic E-state index is -0.521. The topological polar surface area (TPSA) is 52.6 Å². The van der Waals surface area contributed by atoms with E-state index in [2.05, 4.69) is 0 Å². The minimum absolute atomic E-state index is 0.270. The molecule has 1 aliphatic rings. The maximum absolute atomic E-state index is 12.3. The maximum Gasteiger partial charge on any atom is 0.310 e. The van der Waals surface area contributed by atoms with Gasteiger partial charge in [0.05, 0.1) is 11.8 Å². The van der Waals surface area contributed by atoms with E-state index in [1.54, 1.807) is 0 Å². The smallest absolute Gasteiger partial charge is 0.310 e. The molecule has 1 rings (SSSR count). The van der Waals surface area contributed by atoms with Gasteiger partial charge < -0.3 is 9.47 Å². The van der Waals surface area contributed by atoms with Gasteiger partial charge in [-0.05, 0) is 54.4 Å². The van der Waals surface area contributed by atoms with Crippen LogP contribution in [0, 0.1) is 11.8 Å². The van der Waals surface area contributed by atoms with Gasteiger partial charge in [-0.3, -0.25) is 9.59 Å². The predicted molar refractivity (Wildman–Crippen MR) is 77.1 cm³/mol. The van der Waals surface area contributed by atoms with E-state index in [-0.39, 0.29) is 23.8 Å². The molecule has 0 radical (unpaired) electrons. The van der Waals surface area contributed by atoms with Crippen LogP contribution >= 0.6 is 0 Å². The van der Waals surface area contributed by atoms with E-state index in [1.807, 2.05) is 41.5 Å². The first-order chi connectivity index (χ1) is 8.99. The molecule has 4 heteroatoms. The highest BCUT2D eigenvalue weighted by Crippen LogP contribution is 2.33. The van der Waals surface area contributed by atoms with E-state index >= 15 is 0 Å². The van der Waals surface area contributed by atoms with E-state index in [0.717, 1.165) is 12.8 Å². The Morgan fingerprint density at radius 3 is 1.30 bits per heavy atom. The van der Waals surface area contributed by atoms with Crippen LogP contribution in [0.15, 0.2) is 0 Å². The van der Waals surface area contributed by atoms with Gasteiger partial charge in [-0.25, -0.2) is 0 Å². The standard InChI is InChI=1S/C16H28O4/c1-15(2,3)19-13(17)11-9-7-8-10-12(11)14(18)20-16(4,5)6/h11-12H,7-10H2,1-6H3/t11-,12-/m0/s1. The molecule has 20 heavy (non-hydrogen) atoms. The maximum atomic E-state index is 12.3.